The highest BCUT2D eigenvalue weighted by Gasteiger charge is 2.25. The lowest BCUT2D eigenvalue weighted by Gasteiger charge is -2.27. The molecule has 0 unspecified atom stereocenters. The number of aliphatic carboxylic acids is 2. The number of hydrogen-bond acceptors (Lipinski definition) is 3. The first-order valence-corrected chi connectivity index (χ1v) is 21.4. The standard InChI is InChI=1S/2C18H36O2.C9H14O/c2*1-17(2)15-13-11-9-7-5-3-4-6-8-10-12-14-16-18(19)20;1-7-4-8(10)6-9(2,3)5-7/h2*17H,3-16H2,1-2H3,(H,19,20);4H,5-6H2,1-3H3. The van der Waals surface area contributed by atoms with Crippen LogP contribution in [-0.2, 0) is 14.4 Å². The number of carboxylic acids is 2. The van der Waals surface area contributed by atoms with Crippen LogP contribution in [0.25, 0.3) is 0 Å². The van der Waals surface area contributed by atoms with Gasteiger partial charge in [-0.05, 0) is 49.5 Å². The van der Waals surface area contributed by atoms with E-state index in [0.717, 1.165) is 43.9 Å². The van der Waals surface area contributed by atoms with Crippen LogP contribution in [0.3, 0.4) is 0 Å². The molecule has 0 heterocycles. The molecular weight excluding hydrogens is 620 g/mol. The molecule has 5 nitrogen and oxygen atoms in total. The maximum Gasteiger partial charge on any atom is 0.303 e. The lowest BCUT2D eigenvalue weighted by Crippen LogP contribution is -2.20. The molecular formula is C45H86O5. The van der Waals surface area contributed by atoms with Crippen molar-refractivity contribution < 1.29 is 24.6 Å². The van der Waals surface area contributed by atoms with Crippen molar-refractivity contribution in [3.05, 3.63) is 11.6 Å². The first kappa shape index (κ1) is 50.5. The monoisotopic (exact) mass is 707 g/mol. The van der Waals surface area contributed by atoms with E-state index in [-0.39, 0.29) is 11.2 Å². The largest absolute Gasteiger partial charge is 0.481 e. The van der Waals surface area contributed by atoms with Crippen molar-refractivity contribution in [1.82, 2.24) is 0 Å². The average Bonchev–Trinajstić information content (AvgIpc) is 3.00. The fourth-order valence-corrected chi connectivity index (χ4v) is 6.86. The highest BCUT2D eigenvalue weighted by atomic mass is 16.4. The summed E-state index contributed by atoms with van der Waals surface area (Å²) in [7, 11) is 0. The molecule has 2 N–H and O–H groups in total. The fraction of sp³-hybridized carbons (Fsp3) is 0.889. The normalized spacial score (nSPS) is 13.8. The van der Waals surface area contributed by atoms with Gasteiger partial charge < -0.3 is 10.2 Å². The molecule has 296 valence electrons. The second-order valence-electron chi connectivity index (χ2n) is 17.1. The third-order valence-electron chi connectivity index (χ3n) is 9.66. The summed E-state index contributed by atoms with van der Waals surface area (Å²) >= 11 is 0. The molecule has 5 heteroatoms. The smallest absolute Gasteiger partial charge is 0.303 e. The molecule has 0 aliphatic heterocycles. The van der Waals surface area contributed by atoms with E-state index in [9.17, 15) is 14.4 Å². The number of carboxylic acid groups (broad SMARTS) is 2. The highest BCUT2D eigenvalue weighted by molar-refractivity contribution is 5.91. The summed E-state index contributed by atoms with van der Waals surface area (Å²) in [6, 6.07) is 0. The van der Waals surface area contributed by atoms with Crippen molar-refractivity contribution in [1.29, 1.82) is 0 Å². The second kappa shape index (κ2) is 35.7. The van der Waals surface area contributed by atoms with Crippen LogP contribution in [0.2, 0.25) is 0 Å². The molecule has 0 bridgehead atoms. The molecule has 0 atom stereocenters. The van der Waals surface area contributed by atoms with Crippen LogP contribution < -0.4 is 0 Å². The average molecular weight is 707 g/mol. The minimum atomic E-state index is -0.654. The molecule has 0 aromatic heterocycles. The molecule has 0 aromatic carbocycles. The Labute approximate surface area is 311 Å². The molecule has 1 aliphatic rings. The molecule has 50 heavy (non-hydrogen) atoms. The predicted molar refractivity (Wildman–Crippen MR) is 216 cm³/mol. The Bertz CT molecular complexity index is 779. The summed E-state index contributed by atoms with van der Waals surface area (Å²) < 4.78 is 0. The van der Waals surface area contributed by atoms with Gasteiger partial charge in [0.15, 0.2) is 5.78 Å². The molecule has 1 rings (SSSR count). The Morgan fingerprint density at radius 3 is 1.00 bits per heavy atom. The number of carbonyl (C=O) groups is 3. The molecule has 0 fully saturated rings. The summed E-state index contributed by atoms with van der Waals surface area (Å²) in [5.74, 6) is 0.710. The summed E-state index contributed by atoms with van der Waals surface area (Å²) in [6.45, 7) is 15.5. The molecule has 0 saturated carbocycles. The molecule has 0 spiro atoms. The van der Waals surface area contributed by atoms with Gasteiger partial charge in [0.1, 0.15) is 0 Å². The van der Waals surface area contributed by atoms with Crippen molar-refractivity contribution in [2.75, 3.05) is 0 Å². The zero-order valence-corrected chi connectivity index (χ0v) is 34.6. The summed E-state index contributed by atoms with van der Waals surface area (Å²) in [5.41, 5.74) is 1.43. The van der Waals surface area contributed by atoms with Gasteiger partial charge in [-0.3, -0.25) is 14.4 Å². The van der Waals surface area contributed by atoms with Crippen LogP contribution in [-0.4, -0.2) is 27.9 Å². The van der Waals surface area contributed by atoms with Crippen LogP contribution >= 0.6 is 0 Å². The number of unbranched alkanes of at least 4 members (excludes halogenated alkanes) is 22. The van der Waals surface area contributed by atoms with Crippen LogP contribution in [0, 0.1) is 17.3 Å². The topological polar surface area (TPSA) is 91.7 Å². The number of rotatable bonds is 30. The van der Waals surface area contributed by atoms with E-state index in [4.69, 9.17) is 10.2 Å². The maximum atomic E-state index is 11.0. The van der Waals surface area contributed by atoms with Gasteiger partial charge in [0.25, 0.3) is 0 Å². The van der Waals surface area contributed by atoms with Gasteiger partial charge in [0.2, 0.25) is 0 Å². The molecule has 0 saturated heterocycles. The van der Waals surface area contributed by atoms with E-state index in [2.05, 4.69) is 41.5 Å². The van der Waals surface area contributed by atoms with Crippen molar-refractivity contribution in [3.63, 3.8) is 0 Å². The predicted octanol–water partition coefficient (Wildman–Crippen LogP) is 14.7. The third kappa shape index (κ3) is 44.4. The van der Waals surface area contributed by atoms with Gasteiger partial charge in [-0.15, -0.1) is 0 Å². The first-order valence-electron chi connectivity index (χ1n) is 21.4. The third-order valence-corrected chi connectivity index (χ3v) is 9.66. The summed E-state index contributed by atoms with van der Waals surface area (Å²) in [5, 5.41) is 17.0. The van der Waals surface area contributed by atoms with E-state index in [1.165, 1.54) is 147 Å². The Hall–Kier alpha value is -1.65. The van der Waals surface area contributed by atoms with Gasteiger partial charge in [-0.2, -0.15) is 0 Å². The molecule has 0 radical (unpaired) electrons. The van der Waals surface area contributed by atoms with E-state index in [0.29, 0.717) is 19.3 Å². The Balaban J connectivity index is 0. The molecule has 0 amide bonds. The van der Waals surface area contributed by atoms with Crippen LogP contribution in [0.5, 0.6) is 0 Å². The second-order valence-corrected chi connectivity index (χ2v) is 17.1. The van der Waals surface area contributed by atoms with Crippen LogP contribution in [0.1, 0.15) is 241 Å². The molecule has 0 aromatic rings. The van der Waals surface area contributed by atoms with Gasteiger partial charge >= 0.3 is 11.9 Å². The number of carbonyl (C=O) groups excluding carboxylic acids is 1. The fourth-order valence-electron chi connectivity index (χ4n) is 6.86. The van der Waals surface area contributed by atoms with E-state index >= 15 is 0 Å². The minimum Gasteiger partial charge on any atom is -0.481 e. The van der Waals surface area contributed by atoms with E-state index < -0.39 is 11.9 Å². The Morgan fingerprint density at radius 1 is 0.520 bits per heavy atom. The lowest BCUT2D eigenvalue weighted by atomic mass is 9.77. The van der Waals surface area contributed by atoms with Gasteiger partial charge in [-0.1, -0.05) is 201 Å². The SMILES string of the molecule is CC(C)CCCCCCCCCCCCCCC(=O)O.CC(C)CCCCCCCCCCCCCCC(=O)O.CC1=CC(=O)CC(C)(C)C1. The van der Waals surface area contributed by atoms with E-state index in [1.807, 2.05) is 6.92 Å². The minimum absolute atomic E-state index is 0.204. The van der Waals surface area contributed by atoms with Crippen molar-refractivity contribution >= 4 is 17.7 Å². The zero-order valence-electron chi connectivity index (χ0n) is 34.6. The summed E-state index contributed by atoms with van der Waals surface area (Å²) in [4.78, 5) is 31.7. The van der Waals surface area contributed by atoms with Crippen molar-refractivity contribution in [2.24, 2.45) is 17.3 Å². The maximum absolute atomic E-state index is 11.0. The molecule has 1 aliphatic carbocycles. The first-order chi connectivity index (χ1) is 23.7. The van der Waals surface area contributed by atoms with Gasteiger partial charge in [0.05, 0.1) is 0 Å². The lowest BCUT2D eigenvalue weighted by molar-refractivity contribution is -0.138. The van der Waals surface area contributed by atoms with Crippen molar-refractivity contribution in [2.45, 2.75) is 241 Å². The summed E-state index contributed by atoms with van der Waals surface area (Å²) in [6.07, 6.45) is 38.2. The van der Waals surface area contributed by atoms with Crippen LogP contribution in [0.4, 0.5) is 0 Å². The number of ketones is 1. The van der Waals surface area contributed by atoms with Gasteiger partial charge in [-0.25, -0.2) is 0 Å². The zero-order chi connectivity index (χ0) is 37.9. The number of hydrogen-bond donors (Lipinski definition) is 2. The Kier molecular flexibility index (Phi) is 36.1. The Morgan fingerprint density at radius 2 is 0.780 bits per heavy atom. The van der Waals surface area contributed by atoms with Crippen molar-refractivity contribution in [3.8, 4) is 0 Å². The number of allylic oxidation sites excluding steroid dienone is 2. The van der Waals surface area contributed by atoms with Crippen LogP contribution in [0.15, 0.2) is 11.6 Å². The highest BCUT2D eigenvalue weighted by Crippen LogP contribution is 2.33. The van der Waals surface area contributed by atoms with E-state index in [1.54, 1.807) is 6.08 Å². The quantitative estimate of drug-likeness (QED) is 0.0725. The van der Waals surface area contributed by atoms with Gasteiger partial charge in [0, 0.05) is 19.3 Å².